The molecule has 0 heterocycles. The zero-order chi connectivity index (χ0) is 11.7. The lowest BCUT2D eigenvalue weighted by Gasteiger charge is -2.31. The van der Waals surface area contributed by atoms with E-state index >= 15 is 0 Å². The van der Waals surface area contributed by atoms with Crippen LogP contribution in [-0.4, -0.2) is 0 Å². The summed E-state index contributed by atoms with van der Waals surface area (Å²) in [7, 11) is 0. The molecule has 0 N–H and O–H groups in total. The normalized spacial score (nSPS) is 28.4. The standard InChI is InChI=1S/C15H30/c1-14(2,3)10-12-8-7-9-13(12)11-15(4,5)6/h12-13H,7-11H2,1-6H3/t12-,13-/m0/s1. The molecule has 1 aliphatic rings. The van der Waals surface area contributed by atoms with E-state index in [1.165, 1.54) is 32.1 Å². The molecular weight excluding hydrogens is 180 g/mol. The molecule has 2 atom stereocenters. The Morgan fingerprint density at radius 3 is 1.33 bits per heavy atom. The van der Waals surface area contributed by atoms with Crippen molar-refractivity contribution in [2.75, 3.05) is 0 Å². The van der Waals surface area contributed by atoms with Gasteiger partial charge in [-0.25, -0.2) is 0 Å². The van der Waals surface area contributed by atoms with E-state index in [0.29, 0.717) is 10.8 Å². The minimum atomic E-state index is 0.519. The van der Waals surface area contributed by atoms with Gasteiger partial charge in [-0.1, -0.05) is 60.8 Å². The van der Waals surface area contributed by atoms with Crippen molar-refractivity contribution in [3.8, 4) is 0 Å². The second-order valence-corrected chi connectivity index (χ2v) is 7.98. The number of hydrogen-bond donors (Lipinski definition) is 0. The van der Waals surface area contributed by atoms with Crippen LogP contribution in [0.1, 0.15) is 73.6 Å². The average molecular weight is 210 g/mol. The van der Waals surface area contributed by atoms with Crippen LogP contribution in [0.15, 0.2) is 0 Å². The van der Waals surface area contributed by atoms with Crippen molar-refractivity contribution in [3.05, 3.63) is 0 Å². The van der Waals surface area contributed by atoms with Crippen molar-refractivity contribution in [2.24, 2.45) is 22.7 Å². The Hall–Kier alpha value is 0. The first-order valence-corrected chi connectivity index (χ1v) is 6.67. The van der Waals surface area contributed by atoms with Crippen molar-refractivity contribution in [1.82, 2.24) is 0 Å². The second kappa shape index (κ2) is 4.47. The highest BCUT2D eigenvalue weighted by atomic mass is 14.4. The molecule has 0 aromatic rings. The number of hydrogen-bond acceptors (Lipinski definition) is 0. The Labute approximate surface area is 96.8 Å². The third-order valence-electron chi connectivity index (χ3n) is 3.57. The molecule has 0 amide bonds. The summed E-state index contributed by atoms with van der Waals surface area (Å²) in [6.07, 6.45) is 7.29. The lowest BCUT2D eigenvalue weighted by Crippen LogP contribution is -2.21. The molecule has 0 saturated heterocycles. The summed E-state index contributed by atoms with van der Waals surface area (Å²) >= 11 is 0. The highest BCUT2D eigenvalue weighted by Gasteiger charge is 2.32. The molecular formula is C15H30. The van der Waals surface area contributed by atoms with Gasteiger partial charge in [0.25, 0.3) is 0 Å². The molecule has 0 aliphatic heterocycles. The Bertz CT molecular complexity index is 167. The first kappa shape index (κ1) is 13.1. The summed E-state index contributed by atoms with van der Waals surface area (Å²) in [6, 6.07) is 0. The molecule has 15 heavy (non-hydrogen) atoms. The Morgan fingerprint density at radius 1 is 0.733 bits per heavy atom. The predicted molar refractivity (Wildman–Crippen MR) is 69.0 cm³/mol. The van der Waals surface area contributed by atoms with Gasteiger partial charge in [0.2, 0.25) is 0 Å². The Kier molecular flexibility index (Phi) is 3.90. The number of rotatable bonds is 2. The lowest BCUT2D eigenvalue weighted by atomic mass is 9.74. The largest absolute Gasteiger partial charge is 0.0602 e. The van der Waals surface area contributed by atoms with E-state index < -0.39 is 0 Å². The maximum absolute atomic E-state index is 2.39. The van der Waals surface area contributed by atoms with E-state index in [1.54, 1.807) is 0 Å². The van der Waals surface area contributed by atoms with Gasteiger partial charge in [-0.2, -0.15) is 0 Å². The fourth-order valence-corrected chi connectivity index (χ4v) is 3.22. The molecule has 0 heteroatoms. The molecule has 0 spiro atoms. The van der Waals surface area contributed by atoms with Crippen LogP contribution in [0, 0.1) is 22.7 Å². The summed E-state index contributed by atoms with van der Waals surface area (Å²) in [4.78, 5) is 0. The predicted octanol–water partition coefficient (Wildman–Crippen LogP) is 5.28. The maximum atomic E-state index is 2.39. The van der Waals surface area contributed by atoms with E-state index in [1.807, 2.05) is 0 Å². The maximum Gasteiger partial charge on any atom is -0.0380 e. The molecule has 0 radical (unpaired) electrons. The molecule has 1 rings (SSSR count). The van der Waals surface area contributed by atoms with Crippen LogP contribution in [0.25, 0.3) is 0 Å². The van der Waals surface area contributed by atoms with Gasteiger partial charge in [-0.05, 0) is 35.5 Å². The third-order valence-corrected chi connectivity index (χ3v) is 3.57. The van der Waals surface area contributed by atoms with Gasteiger partial charge in [0.05, 0.1) is 0 Å². The van der Waals surface area contributed by atoms with E-state index in [-0.39, 0.29) is 0 Å². The minimum absolute atomic E-state index is 0.519. The fraction of sp³-hybridized carbons (Fsp3) is 1.00. The molecule has 0 nitrogen and oxygen atoms in total. The van der Waals surface area contributed by atoms with E-state index in [0.717, 1.165) is 11.8 Å². The van der Waals surface area contributed by atoms with Crippen LogP contribution < -0.4 is 0 Å². The molecule has 0 bridgehead atoms. The van der Waals surface area contributed by atoms with E-state index in [2.05, 4.69) is 41.5 Å². The van der Waals surface area contributed by atoms with Crippen molar-refractivity contribution >= 4 is 0 Å². The van der Waals surface area contributed by atoms with Crippen molar-refractivity contribution < 1.29 is 0 Å². The zero-order valence-electron chi connectivity index (χ0n) is 11.7. The molecule has 1 aliphatic carbocycles. The van der Waals surface area contributed by atoms with Gasteiger partial charge in [0, 0.05) is 0 Å². The minimum Gasteiger partial charge on any atom is -0.0602 e. The SMILES string of the molecule is CC(C)(C)C[C@@H]1CCC[C@H]1CC(C)(C)C. The summed E-state index contributed by atoms with van der Waals surface area (Å²) in [6.45, 7) is 14.3. The molecule has 0 unspecified atom stereocenters. The van der Waals surface area contributed by atoms with Crippen LogP contribution in [0.5, 0.6) is 0 Å². The van der Waals surface area contributed by atoms with Gasteiger partial charge in [-0.3, -0.25) is 0 Å². The summed E-state index contributed by atoms with van der Waals surface area (Å²) in [5.41, 5.74) is 1.04. The summed E-state index contributed by atoms with van der Waals surface area (Å²) in [5.74, 6) is 2.01. The van der Waals surface area contributed by atoms with Crippen LogP contribution in [0.4, 0.5) is 0 Å². The topological polar surface area (TPSA) is 0 Å². The zero-order valence-corrected chi connectivity index (χ0v) is 11.7. The molecule has 1 fully saturated rings. The third kappa shape index (κ3) is 5.04. The molecule has 0 aromatic heterocycles. The van der Waals surface area contributed by atoms with Crippen LogP contribution in [-0.2, 0) is 0 Å². The van der Waals surface area contributed by atoms with E-state index in [9.17, 15) is 0 Å². The van der Waals surface area contributed by atoms with Gasteiger partial charge < -0.3 is 0 Å². The summed E-state index contributed by atoms with van der Waals surface area (Å²) < 4.78 is 0. The van der Waals surface area contributed by atoms with Crippen molar-refractivity contribution in [3.63, 3.8) is 0 Å². The van der Waals surface area contributed by atoms with Crippen LogP contribution >= 0.6 is 0 Å². The van der Waals surface area contributed by atoms with Gasteiger partial charge in [0.15, 0.2) is 0 Å². The smallest absolute Gasteiger partial charge is 0.0380 e. The molecule has 0 aromatic carbocycles. The van der Waals surface area contributed by atoms with Gasteiger partial charge in [0.1, 0.15) is 0 Å². The lowest BCUT2D eigenvalue weighted by molar-refractivity contribution is 0.196. The highest BCUT2D eigenvalue weighted by Crippen LogP contribution is 2.44. The van der Waals surface area contributed by atoms with Crippen LogP contribution in [0.3, 0.4) is 0 Å². The van der Waals surface area contributed by atoms with Gasteiger partial charge >= 0.3 is 0 Å². The van der Waals surface area contributed by atoms with Crippen molar-refractivity contribution in [2.45, 2.75) is 73.6 Å². The quantitative estimate of drug-likeness (QED) is 0.582. The monoisotopic (exact) mass is 210 g/mol. The Balaban J connectivity index is 2.50. The summed E-state index contributed by atoms with van der Waals surface area (Å²) in [5, 5.41) is 0. The van der Waals surface area contributed by atoms with Crippen LogP contribution in [0.2, 0.25) is 0 Å². The first-order valence-electron chi connectivity index (χ1n) is 6.67. The Morgan fingerprint density at radius 2 is 1.07 bits per heavy atom. The molecule has 1 saturated carbocycles. The van der Waals surface area contributed by atoms with Crippen molar-refractivity contribution in [1.29, 1.82) is 0 Å². The fourth-order valence-electron chi connectivity index (χ4n) is 3.22. The second-order valence-electron chi connectivity index (χ2n) is 7.98. The average Bonchev–Trinajstić information content (AvgIpc) is 2.29. The van der Waals surface area contributed by atoms with Gasteiger partial charge in [-0.15, -0.1) is 0 Å². The van der Waals surface area contributed by atoms with E-state index in [4.69, 9.17) is 0 Å². The highest BCUT2D eigenvalue weighted by molar-refractivity contribution is 4.83. The molecule has 90 valence electrons. The first-order chi connectivity index (χ1) is 6.67.